The molecule has 2 aromatic heterocycles. The van der Waals surface area contributed by atoms with E-state index < -0.39 is 5.38 Å². The van der Waals surface area contributed by atoms with E-state index in [1.54, 1.807) is 0 Å². The Bertz CT molecular complexity index is 714. The molecule has 3 heterocycles. The van der Waals surface area contributed by atoms with E-state index >= 15 is 0 Å². The van der Waals surface area contributed by atoms with Crippen molar-refractivity contribution in [3.63, 3.8) is 0 Å². The molecular weight excluding hydrogens is 331 g/mol. The summed E-state index contributed by atoms with van der Waals surface area (Å²) < 4.78 is 6.36. The molecule has 1 unspecified atom stereocenters. The van der Waals surface area contributed by atoms with Crippen LogP contribution in [0.5, 0.6) is 0 Å². The lowest BCUT2D eigenvalue weighted by Crippen LogP contribution is -2.44. The molecule has 1 aliphatic rings. The van der Waals surface area contributed by atoms with E-state index in [-0.39, 0.29) is 11.3 Å². The zero-order chi connectivity index (χ0) is 15.0. The highest BCUT2D eigenvalue weighted by Crippen LogP contribution is 2.38. The summed E-state index contributed by atoms with van der Waals surface area (Å²) in [6.45, 7) is 4.13. The number of nitriles is 1. The summed E-state index contributed by atoms with van der Waals surface area (Å²) in [4.78, 5) is 10.8. The largest absolute Gasteiger partial charge is 0.377 e. The molecule has 0 aliphatic carbocycles. The third-order valence-corrected chi connectivity index (χ3v) is 4.91. The Morgan fingerprint density at radius 2 is 2.38 bits per heavy atom. The number of aromatic nitrogens is 2. The van der Waals surface area contributed by atoms with Crippen LogP contribution in [-0.2, 0) is 4.74 Å². The monoisotopic (exact) mass is 342 g/mol. The molecule has 0 bridgehead atoms. The first-order valence-corrected chi connectivity index (χ1v) is 8.14. The van der Waals surface area contributed by atoms with Crippen molar-refractivity contribution in [3.05, 3.63) is 16.2 Å². The molecule has 0 N–H and O–H groups in total. The lowest BCUT2D eigenvalue weighted by molar-refractivity contribution is 0.0987. The number of fused-ring (bicyclic) bond motifs is 1. The van der Waals surface area contributed by atoms with Gasteiger partial charge in [0.25, 0.3) is 0 Å². The van der Waals surface area contributed by atoms with Crippen molar-refractivity contribution in [3.8, 4) is 6.07 Å². The number of halogens is 2. The molecule has 0 spiro atoms. The number of ether oxygens (including phenoxy) is 1. The average molecular weight is 343 g/mol. The second kappa shape index (κ2) is 5.93. The first kappa shape index (κ1) is 14.8. The Morgan fingerprint density at radius 3 is 3.10 bits per heavy atom. The molecule has 3 rings (SSSR count). The third-order valence-electron chi connectivity index (χ3n) is 3.42. The minimum Gasteiger partial charge on any atom is -0.377 e. The molecule has 21 heavy (non-hydrogen) atoms. The molecule has 0 aromatic carbocycles. The summed E-state index contributed by atoms with van der Waals surface area (Å²) >= 11 is 13.6. The van der Waals surface area contributed by atoms with Crippen LogP contribution in [0.1, 0.15) is 17.9 Å². The number of rotatable bonds is 2. The van der Waals surface area contributed by atoms with Crippen LogP contribution < -0.4 is 4.90 Å². The molecule has 110 valence electrons. The van der Waals surface area contributed by atoms with E-state index in [1.165, 1.54) is 11.3 Å². The highest BCUT2D eigenvalue weighted by Gasteiger charge is 2.25. The number of alkyl halides is 1. The summed E-state index contributed by atoms with van der Waals surface area (Å²) in [7, 11) is 0. The Balaban J connectivity index is 2.15. The third kappa shape index (κ3) is 2.67. The Kier molecular flexibility index (Phi) is 4.18. The minimum atomic E-state index is -0.736. The minimum absolute atomic E-state index is 0.164. The molecule has 1 aliphatic heterocycles. The average Bonchev–Trinajstić information content (AvgIpc) is 2.90. The molecule has 1 saturated heterocycles. The summed E-state index contributed by atoms with van der Waals surface area (Å²) in [6.07, 6.45) is 0. The lowest BCUT2D eigenvalue weighted by Gasteiger charge is -2.34. The molecule has 2 atom stereocenters. The van der Waals surface area contributed by atoms with Crippen LogP contribution in [0.2, 0.25) is 5.28 Å². The van der Waals surface area contributed by atoms with Crippen LogP contribution in [0, 0.1) is 11.3 Å². The summed E-state index contributed by atoms with van der Waals surface area (Å²) in [5.41, 5.74) is 1.35. The van der Waals surface area contributed by atoms with Crippen LogP contribution in [0.4, 0.5) is 5.82 Å². The fourth-order valence-electron chi connectivity index (χ4n) is 2.38. The zero-order valence-electron chi connectivity index (χ0n) is 11.2. The molecule has 0 saturated carbocycles. The van der Waals surface area contributed by atoms with Crippen molar-refractivity contribution in [1.29, 1.82) is 5.26 Å². The second-order valence-electron chi connectivity index (χ2n) is 4.79. The highest BCUT2D eigenvalue weighted by atomic mass is 35.5. The van der Waals surface area contributed by atoms with Gasteiger partial charge >= 0.3 is 0 Å². The van der Waals surface area contributed by atoms with Crippen LogP contribution in [-0.4, -0.2) is 35.8 Å². The molecule has 0 radical (unpaired) electrons. The van der Waals surface area contributed by atoms with Gasteiger partial charge in [0.1, 0.15) is 5.38 Å². The Labute approximate surface area is 136 Å². The van der Waals surface area contributed by atoms with E-state index in [2.05, 4.69) is 21.8 Å². The van der Waals surface area contributed by atoms with Crippen molar-refractivity contribution in [2.24, 2.45) is 0 Å². The van der Waals surface area contributed by atoms with Gasteiger partial charge in [0, 0.05) is 12.1 Å². The van der Waals surface area contributed by atoms with E-state index in [4.69, 9.17) is 33.2 Å². The summed E-state index contributed by atoms with van der Waals surface area (Å²) in [5.74, 6) is 0.791. The van der Waals surface area contributed by atoms with Crippen molar-refractivity contribution < 1.29 is 4.74 Å². The van der Waals surface area contributed by atoms with E-state index in [0.717, 1.165) is 17.1 Å². The summed E-state index contributed by atoms with van der Waals surface area (Å²) in [5, 5.41) is 10.3. The van der Waals surface area contributed by atoms with Crippen molar-refractivity contribution in [2.45, 2.75) is 18.3 Å². The number of hydrogen-bond acceptors (Lipinski definition) is 6. The quantitative estimate of drug-likeness (QED) is 0.618. The maximum absolute atomic E-state index is 9.01. The molecular formula is C13H12Cl2N4OS. The van der Waals surface area contributed by atoms with Gasteiger partial charge in [-0.25, -0.2) is 4.98 Å². The summed E-state index contributed by atoms with van der Waals surface area (Å²) in [6, 6.07) is 2.23. The number of nitrogens with zero attached hydrogens (tertiary/aromatic N) is 4. The SMILES string of the molecule is C[C@@H]1COCCN1c1nc(Cl)nc2c(C(Cl)C#N)csc12. The number of thiophene rings is 1. The van der Waals surface area contributed by atoms with Crippen LogP contribution in [0.3, 0.4) is 0 Å². The second-order valence-corrected chi connectivity index (χ2v) is 6.45. The first-order valence-electron chi connectivity index (χ1n) is 6.44. The fourth-order valence-corrected chi connectivity index (χ4v) is 3.82. The van der Waals surface area contributed by atoms with Gasteiger partial charge in [0.2, 0.25) is 5.28 Å². The van der Waals surface area contributed by atoms with Gasteiger partial charge in [0.15, 0.2) is 5.82 Å². The predicted molar refractivity (Wildman–Crippen MR) is 84.3 cm³/mol. The van der Waals surface area contributed by atoms with E-state index in [9.17, 15) is 0 Å². The van der Waals surface area contributed by atoms with Gasteiger partial charge < -0.3 is 9.64 Å². The van der Waals surface area contributed by atoms with Gasteiger partial charge in [0.05, 0.1) is 35.5 Å². The van der Waals surface area contributed by atoms with Crippen LogP contribution >= 0.6 is 34.5 Å². The van der Waals surface area contributed by atoms with Crippen molar-refractivity contribution in [2.75, 3.05) is 24.7 Å². The Hall–Kier alpha value is -1.13. The van der Waals surface area contributed by atoms with Gasteiger partial charge in [-0.15, -0.1) is 22.9 Å². The molecule has 8 heteroatoms. The standard InChI is InChI=1S/C13H12Cl2N4OS/c1-7-5-20-3-2-19(7)12-11-10(17-13(15)18-12)8(6-21-11)9(14)4-16/h6-7,9H,2-3,5H2,1H3/t7-,9?/m1/s1. The van der Waals surface area contributed by atoms with Gasteiger partial charge in [-0.2, -0.15) is 10.2 Å². The smallest absolute Gasteiger partial charge is 0.224 e. The van der Waals surface area contributed by atoms with Crippen molar-refractivity contribution >= 4 is 50.6 Å². The number of anilines is 1. The molecule has 2 aromatic rings. The van der Waals surface area contributed by atoms with Gasteiger partial charge in [-0.3, -0.25) is 0 Å². The Morgan fingerprint density at radius 1 is 1.57 bits per heavy atom. The zero-order valence-corrected chi connectivity index (χ0v) is 13.5. The molecule has 5 nitrogen and oxygen atoms in total. The van der Waals surface area contributed by atoms with E-state index in [0.29, 0.717) is 24.3 Å². The fraction of sp³-hybridized carbons (Fsp3) is 0.462. The van der Waals surface area contributed by atoms with Crippen LogP contribution in [0.15, 0.2) is 5.38 Å². The first-order chi connectivity index (χ1) is 10.1. The maximum atomic E-state index is 9.01. The number of hydrogen-bond donors (Lipinski definition) is 0. The van der Waals surface area contributed by atoms with Crippen LogP contribution in [0.25, 0.3) is 10.2 Å². The van der Waals surface area contributed by atoms with E-state index in [1.807, 2.05) is 11.4 Å². The molecule has 1 fully saturated rings. The van der Waals surface area contributed by atoms with Gasteiger partial charge in [-0.1, -0.05) is 0 Å². The highest BCUT2D eigenvalue weighted by molar-refractivity contribution is 7.18. The van der Waals surface area contributed by atoms with Crippen molar-refractivity contribution in [1.82, 2.24) is 9.97 Å². The topological polar surface area (TPSA) is 62.0 Å². The predicted octanol–water partition coefficient (Wildman–Crippen LogP) is 3.37. The lowest BCUT2D eigenvalue weighted by atomic mass is 10.2. The maximum Gasteiger partial charge on any atom is 0.224 e. The molecule has 0 amide bonds. The number of morpholine rings is 1. The van der Waals surface area contributed by atoms with Gasteiger partial charge in [-0.05, 0) is 23.9 Å². The normalized spacial score (nSPS) is 20.5.